The molecule has 0 saturated heterocycles. The van der Waals surface area contributed by atoms with Crippen LogP contribution in [0.4, 0.5) is 0 Å². The van der Waals surface area contributed by atoms with Gasteiger partial charge in [0.1, 0.15) is 24.3 Å². The Hall–Kier alpha value is -3.42. The maximum Gasteiger partial charge on any atom is 0.141 e. The number of nitrogens with zero attached hydrogens (tertiary/aromatic N) is 2. The van der Waals surface area contributed by atoms with Crippen molar-refractivity contribution in [3.05, 3.63) is 81.9 Å². The van der Waals surface area contributed by atoms with Gasteiger partial charge in [-0.15, -0.1) is 5.11 Å². The third kappa shape index (κ3) is 5.13. The number of aryl methyl sites for hydroxylation is 2. The van der Waals surface area contributed by atoms with E-state index in [1.807, 2.05) is 0 Å². The van der Waals surface area contributed by atoms with E-state index >= 15 is 0 Å². The predicted octanol–water partition coefficient (Wildman–Crippen LogP) is 6.23. The summed E-state index contributed by atoms with van der Waals surface area (Å²) in [6.07, 6.45) is 5.38. The molecule has 39 heavy (non-hydrogen) atoms. The van der Waals surface area contributed by atoms with E-state index in [9.17, 15) is 0 Å². The highest BCUT2D eigenvalue weighted by atomic mass is 16.5. The average Bonchev–Trinajstić information content (AvgIpc) is 3.37. The molecule has 1 spiro atoms. The minimum absolute atomic E-state index is 0.0480. The maximum absolute atomic E-state index is 9.04. The van der Waals surface area contributed by atoms with E-state index in [2.05, 4.69) is 90.6 Å². The summed E-state index contributed by atoms with van der Waals surface area (Å²) in [6, 6.07) is 17.3. The van der Waals surface area contributed by atoms with E-state index in [4.69, 9.17) is 14.6 Å². The van der Waals surface area contributed by atoms with Crippen LogP contribution in [0.15, 0.2) is 58.9 Å². The zero-order chi connectivity index (χ0) is 27.0. The van der Waals surface area contributed by atoms with E-state index in [-0.39, 0.29) is 12.8 Å². The zero-order valence-electron chi connectivity index (χ0n) is 23.1. The number of nitrogens with one attached hydrogen (secondary N) is 2. The van der Waals surface area contributed by atoms with E-state index in [0.29, 0.717) is 31.0 Å². The molecule has 2 unspecified atom stereocenters. The lowest BCUT2D eigenvalue weighted by molar-refractivity contribution is 0.233. The van der Waals surface area contributed by atoms with E-state index in [1.54, 1.807) is 0 Å². The number of ether oxygens (including phenoxy) is 2. The second-order valence-corrected chi connectivity index (χ2v) is 11.4. The lowest BCUT2D eigenvalue weighted by Gasteiger charge is -2.21. The Morgan fingerprint density at radius 2 is 1.82 bits per heavy atom. The van der Waals surface area contributed by atoms with Gasteiger partial charge in [0.2, 0.25) is 0 Å². The van der Waals surface area contributed by atoms with Gasteiger partial charge in [0.05, 0.1) is 6.61 Å². The van der Waals surface area contributed by atoms with Crippen molar-refractivity contribution in [1.29, 1.82) is 0 Å². The normalized spacial score (nSPS) is 20.2. The highest BCUT2D eigenvalue weighted by molar-refractivity contribution is 5.75. The van der Waals surface area contributed by atoms with Crippen molar-refractivity contribution < 1.29 is 14.6 Å². The van der Waals surface area contributed by atoms with Gasteiger partial charge in [-0.2, -0.15) is 5.43 Å². The Balaban J connectivity index is 1.17. The van der Waals surface area contributed by atoms with Crippen LogP contribution in [0, 0.1) is 26.2 Å². The van der Waals surface area contributed by atoms with Crippen LogP contribution in [0.2, 0.25) is 0 Å². The lowest BCUT2D eigenvalue weighted by Crippen LogP contribution is -2.32. The summed E-state index contributed by atoms with van der Waals surface area (Å²) in [5.41, 5.74) is 16.5. The second-order valence-electron chi connectivity index (χ2n) is 11.4. The Morgan fingerprint density at radius 3 is 2.54 bits per heavy atom. The van der Waals surface area contributed by atoms with Crippen molar-refractivity contribution in [2.24, 2.45) is 15.8 Å². The SMILES string of the molecule is Cc1cc(OCCCO)cc(C)c1-c1cccc(COc2ccc3c(c2)CC2(CC2)C3CC2N=NNN2)c1C. The molecule has 7 nitrogen and oxygen atoms in total. The summed E-state index contributed by atoms with van der Waals surface area (Å²) in [6.45, 7) is 7.65. The van der Waals surface area contributed by atoms with Crippen molar-refractivity contribution in [1.82, 2.24) is 11.0 Å². The monoisotopic (exact) mass is 526 g/mol. The number of hydrogen-bond donors (Lipinski definition) is 3. The summed E-state index contributed by atoms with van der Waals surface area (Å²) in [5, 5.41) is 17.2. The third-order valence-electron chi connectivity index (χ3n) is 8.79. The first-order chi connectivity index (χ1) is 19.0. The molecule has 1 saturated carbocycles. The molecule has 0 aromatic heterocycles. The molecule has 1 heterocycles. The fraction of sp³-hybridized carbons (Fsp3) is 0.438. The van der Waals surface area contributed by atoms with E-state index in [0.717, 1.165) is 24.3 Å². The van der Waals surface area contributed by atoms with Crippen LogP contribution in [0.25, 0.3) is 11.1 Å². The van der Waals surface area contributed by atoms with Gasteiger partial charge >= 0.3 is 0 Å². The molecule has 0 amide bonds. The molecule has 3 aromatic carbocycles. The van der Waals surface area contributed by atoms with Crippen LogP contribution in [-0.4, -0.2) is 24.5 Å². The molecule has 6 rings (SSSR count). The molecule has 2 aliphatic carbocycles. The number of aliphatic hydroxyl groups is 1. The van der Waals surface area contributed by atoms with Crippen molar-refractivity contribution >= 4 is 0 Å². The maximum atomic E-state index is 9.04. The van der Waals surface area contributed by atoms with Gasteiger partial charge in [-0.3, -0.25) is 0 Å². The van der Waals surface area contributed by atoms with Crippen molar-refractivity contribution in [2.75, 3.05) is 13.2 Å². The third-order valence-corrected chi connectivity index (χ3v) is 8.79. The number of hydrazine groups is 1. The second kappa shape index (κ2) is 10.6. The summed E-state index contributed by atoms with van der Waals surface area (Å²) in [4.78, 5) is 0. The summed E-state index contributed by atoms with van der Waals surface area (Å²) >= 11 is 0. The molecular formula is C32H38N4O3. The van der Waals surface area contributed by atoms with Gasteiger partial charge in [0.15, 0.2) is 0 Å². The molecule has 204 valence electrons. The molecule has 3 aromatic rings. The molecule has 1 aliphatic heterocycles. The molecule has 7 heteroatoms. The smallest absolute Gasteiger partial charge is 0.141 e. The topological polar surface area (TPSA) is 87.5 Å². The highest BCUT2D eigenvalue weighted by Gasteiger charge is 2.54. The number of aliphatic hydroxyl groups excluding tert-OH is 1. The Kier molecular flexibility index (Phi) is 7.04. The van der Waals surface area contributed by atoms with Gasteiger partial charge < -0.3 is 14.6 Å². The predicted molar refractivity (Wildman–Crippen MR) is 152 cm³/mol. The molecule has 2 atom stereocenters. The van der Waals surface area contributed by atoms with Crippen LogP contribution in [0.5, 0.6) is 11.5 Å². The van der Waals surface area contributed by atoms with Gasteiger partial charge in [0.25, 0.3) is 0 Å². The standard InChI is InChI=1S/C32H38N4O3/c1-20-14-26(38-13-5-12-37)15-21(2)31(20)27-7-4-6-23(22(27)3)19-39-25-8-9-28-24(16-25)18-32(10-11-32)29(28)17-30-33-35-36-34-30/h4,6-9,14-16,29-30,37H,5,10-13,17-19H2,1-3H3,(H,33,36)(H,34,35). The zero-order valence-corrected chi connectivity index (χ0v) is 23.1. The van der Waals surface area contributed by atoms with E-state index < -0.39 is 0 Å². The quantitative estimate of drug-likeness (QED) is 0.273. The molecule has 3 N–H and O–H groups in total. The van der Waals surface area contributed by atoms with Crippen molar-refractivity contribution in [3.63, 3.8) is 0 Å². The Labute approximate surface area is 230 Å². The van der Waals surface area contributed by atoms with Gasteiger partial charge in [0, 0.05) is 13.0 Å². The highest BCUT2D eigenvalue weighted by Crippen LogP contribution is 2.64. The molecule has 1 fully saturated rings. The number of benzene rings is 3. The van der Waals surface area contributed by atoms with Crippen LogP contribution < -0.4 is 20.4 Å². The summed E-state index contributed by atoms with van der Waals surface area (Å²) in [7, 11) is 0. The molecule has 0 bridgehead atoms. The summed E-state index contributed by atoms with van der Waals surface area (Å²) in [5.74, 6) is 2.31. The first-order valence-electron chi connectivity index (χ1n) is 14.1. The first kappa shape index (κ1) is 25.8. The summed E-state index contributed by atoms with van der Waals surface area (Å²) < 4.78 is 12.2. The number of fused-ring (bicyclic) bond motifs is 1. The average molecular weight is 527 g/mol. The fourth-order valence-corrected chi connectivity index (χ4v) is 6.58. The minimum Gasteiger partial charge on any atom is -0.493 e. The van der Waals surface area contributed by atoms with Gasteiger partial charge in [-0.05, 0) is 127 Å². The number of rotatable bonds is 10. The molecule has 3 aliphatic rings. The van der Waals surface area contributed by atoms with Crippen LogP contribution in [0.1, 0.15) is 65.0 Å². The Morgan fingerprint density at radius 1 is 1.00 bits per heavy atom. The van der Waals surface area contributed by atoms with Crippen LogP contribution in [-0.2, 0) is 13.0 Å². The van der Waals surface area contributed by atoms with Crippen molar-refractivity contribution in [2.45, 2.75) is 71.6 Å². The largest absolute Gasteiger partial charge is 0.493 e. The van der Waals surface area contributed by atoms with Crippen LogP contribution >= 0.6 is 0 Å². The number of hydrogen-bond acceptors (Lipinski definition) is 7. The van der Waals surface area contributed by atoms with Crippen LogP contribution in [0.3, 0.4) is 0 Å². The molecular weight excluding hydrogens is 488 g/mol. The van der Waals surface area contributed by atoms with E-state index in [1.165, 1.54) is 57.3 Å². The first-order valence-corrected chi connectivity index (χ1v) is 14.1. The fourth-order valence-electron chi connectivity index (χ4n) is 6.58. The van der Waals surface area contributed by atoms with Crippen molar-refractivity contribution in [3.8, 4) is 22.6 Å². The Bertz CT molecular complexity index is 1380. The van der Waals surface area contributed by atoms with Gasteiger partial charge in [-0.1, -0.05) is 29.5 Å². The molecule has 0 radical (unpaired) electrons. The lowest BCUT2D eigenvalue weighted by atomic mass is 9.86. The van der Waals surface area contributed by atoms with Gasteiger partial charge in [-0.25, -0.2) is 5.53 Å². The minimum atomic E-state index is 0.0480.